The fraction of sp³-hybridized carbons (Fsp3) is 0.357. The molecule has 0 fully saturated rings. The van der Waals surface area contributed by atoms with Crippen LogP contribution in [0.5, 0.6) is 0 Å². The van der Waals surface area contributed by atoms with Crippen molar-refractivity contribution in [2.45, 2.75) is 32.4 Å². The number of nitrogens with one attached hydrogen (secondary N) is 1. The molecular formula is C14H20N. The zero-order chi connectivity index (χ0) is 11.1. The second-order valence-corrected chi connectivity index (χ2v) is 3.83. The topological polar surface area (TPSA) is 12.0 Å². The van der Waals surface area contributed by atoms with Gasteiger partial charge in [-0.3, -0.25) is 0 Å². The molecule has 0 aromatic heterocycles. The van der Waals surface area contributed by atoms with Crippen LogP contribution in [-0.2, 0) is 6.54 Å². The smallest absolute Gasteiger partial charge is 0.0213 e. The molecule has 1 radical (unpaired) electrons. The maximum absolute atomic E-state index is 3.86. The van der Waals surface area contributed by atoms with Crippen LogP contribution >= 0.6 is 0 Å². The molecule has 0 aliphatic rings. The van der Waals surface area contributed by atoms with Crippen molar-refractivity contribution in [3.63, 3.8) is 0 Å². The largest absolute Gasteiger partial charge is 0.310 e. The number of rotatable bonds is 6. The van der Waals surface area contributed by atoms with Gasteiger partial charge in [-0.15, -0.1) is 0 Å². The highest BCUT2D eigenvalue weighted by Gasteiger charge is 2.01. The van der Waals surface area contributed by atoms with Crippen molar-refractivity contribution in [3.8, 4) is 0 Å². The molecule has 1 unspecified atom stereocenters. The summed E-state index contributed by atoms with van der Waals surface area (Å²) in [6.07, 6.45) is 4.01. The fourth-order valence-corrected chi connectivity index (χ4v) is 1.59. The zero-order valence-corrected chi connectivity index (χ0v) is 9.50. The van der Waals surface area contributed by atoms with Crippen molar-refractivity contribution in [1.29, 1.82) is 0 Å². The molecule has 1 N–H and O–H groups in total. The van der Waals surface area contributed by atoms with Crippen LogP contribution in [0, 0.1) is 6.92 Å². The summed E-state index contributed by atoms with van der Waals surface area (Å²) in [5, 5.41) is 3.49. The summed E-state index contributed by atoms with van der Waals surface area (Å²) in [5.74, 6) is 0. The Kier molecular flexibility index (Phi) is 5.13. The third-order valence-electron chi connectivity index (χ3n) is 2.55. The molecule has 1 heteroatoms. The highest BCUT2D eigenvalue weighted by molar-refractivity contribution is 5.51. The van der Waals surface area contributed by atoms with Crippen LogP contribution in [0.1, 0.15) is 30.9 Å². The Hall–Kier alpha value is -1.08. The molecule has 0 heterocycles. The van der Waals surface area contributed by atoms with Crippen molar-refractivity contribution >= 4 is 6.08 Å². The lowest BCUT2D eigenvalue weighted by Gasteiger charge is -2.13. The summed E-state index contributed by atoms with van der Waals surface area (Å²) < 4.78 is 0. The van der Waals surface area contributed by atoms with E-state index in [-0.39, 0.29) is 0 Å². The van der Waals surface area contributed by atoms with Crippen LogP contribution in [0.25, 0.3) is 6.08 Å². The molecule has 0 aliphatic heterocycles. The van der Waals surface area contributed by atoms with Crippen molar-refractivity contribution in [3.05, 3.63) is 48.9 Å². The normalized spacial score (nSPS) is 12.4. The van der Waals surface area contributed by atoms with E-state index in [1.165, 1.54) is 11.1 Å². The van der Waals surface area contributed by atoms with Gasteiger partial charge in [0.1, 0.15) is 0 Å². The van der Waals surface area contributed by atoms with E-state index in [2.05, 4.69) is 43.9 Å². The minimum absolute atomic E-state index is 0.528. The molecule has 0 spiro atoms. The van der Waals surface area contributed by atoms with Crippen LogP contribution in [0.4, 0.5) is 0 Å². The SMILES string of the molecule is [CH2]CCC(C)NCc1ccccc1C=C. The lowest BCUT2D eigenvalue weighted by atomic mass is 10.1. The molecule has 1 aromatic carbocycles. The summed E-state index contributed by atoms with van der Waals surface area (Å²) in [4.78, 5) is 0. The first kappa shape index (κ1) is 12.0. The predicted octanol–water partition coefficient (Wildman–Crippen LogP) is 3.42. The van der Waals surface area contributed by atoms with E-state index in [4.69, 9.17) is 0 Å². The Bertz CT molecular complexity index is 304. The predicted molar refractivity (Wildman–Crippen MR) is 67.4 cm³/mol. The maximum atomic E-state index is 3.86. The first-order valence-electron chi connectivity index (χ1n) is 5.51. The van der Waals surface area contributed by atoms with Gasteiger partial charge in [-0.2, -0.15) is 0 Å². The Balaban J connectivity index is 2.53. The Morgan fingerprint density at radius 1 is 1.40 bits per heavy atom. The van der Waals surface area contributed by atoms with E-state index in [1.807, 2.05) is 12.1 Å². The van der Waals surface area contributed by atoms with Gasteiger partial charge in [0.15, 0.2) is 0 Å². The van der Waals surface area contributed by atoms with Gasteiger partial charge in [0.2, 0.25) is 0 Å². The van der Waals surface area contributed by atoms with Gasteiger partial charge < -0.3 is 5.32 Å². The molecule has 1 rings (SSSR count). The Morgan fingerprint density at radius 3 is 2.80 bits per heavy atom. The first-order chi connectivity index (χ1) is 7.27. The van der Waals surface area contributed by atoms with Gasteiger partial charge >= 0.3 is 0 Å². The zero-order valence-electron chi connectivity index (χ0n) is 9.50. The molecule has 0 aliphatic carbocycles. The monoisotopic (exact) mass is 202 g/mol. The Morgan fingerprint density at radius 2 is 2.13 bits per heavy atom. The minimum atomic E-state index is 0.528. The summed E-state index contributed by atoms with van der Waals surface area (Å²) in [7, 11) is 0. The van der Waals surface area contributed by atoms with Gasteiger partial charge in [0, 0.05) is 12.6 Å². The lowest BCUT2D eigenvalue weighted by Crippen LogP contribution is -2.25. The maximum Gasteiger partial charge on any atom is 0.0213 e. The second kappa shape index (κ2) is 6.41. The van der Waals surface area contributed by atoms with Crippen molar-refractivity contribution in [2.24, 2.45) is 0 Å². The van der Waals surface area contributed by atoms with E-state index in [9.17, 15) is 0 Å². The van der Waals surface area contributed by atoms with Crippen LogP contribution in [0.2, 0.25) is 0 Å². The average Bonchev–Trinajstić information content (AvgIpc) is 2.27. The number of hydrogen-bond donors (Lipinski definition) is 1. The van der Waals surface area contributed by atoms with Crippen molar-refractivity contribution in [2.75, 3.05) is 0 Å². The van der Waals surface area contributed by atoms with Crippen LogP contribution in [0.15, 0.2) is 30.8 Å². The van der Waals surface area contributed by atoms with Gasteiger partial charge in [-0.25, -0.2) is 0 Å². The minimum Gasteiger partial charge on any atom is -0.310 e. The van der Waals surface area contributed by atoms with E-state index in [0.29, 0.717) is 6.04 Å². The molecular weight excluding hydrogens is 182 g/mol. The quantitative estimate of drug-likeness (QED) is 0.745. The Labute approximate surface area is 93.2 Å². The molecule has 1 atom stereocenters. The van der Waals surface area contributed by atoms with Gasteiger partial charge in [0.05, 0.1) is 0 Å². The fourth-order valence-electron chi connectivity index (χ4n) is 1.59. The summed E-state index contributed by atoms with van der Waals surface area (Å²) >= 11 is 0. The molecule has 0 saturated carbocycles. The molecule has 1 aromatic rings. The van der Waals surface area contributed by atoms with E-state index >= 15 is 0 Å². The average molecular weight is 202 g/mol. The third kappa shape index (κ3) is 3.88. The van der Waals surface area contributed by atoms with Crippen molar-refractivity contribution in [1.82, 2.24) is 5.32 Å². The van der Waals surface area contributed by atoms with Crippen LogP contribution in [0.3, 0.4) is 0 Å². The lowest BCUT2D eigenvalue weighted by molar-refractivity contribution is 0.517. The van der Waals surface area contributed by atoms with E-state index < -0.39 is 0 Å². The molecule has 15 heavy (non-hydrogen) atoms. The van der Waals surface area contributed by atoms with Crippen LogP contribution < -0.4 is 5.32 Å². The molecule has 81 valence electrons. The molecule has 0 bridgehead atoms. The van der Waals surface area contributed by atoms with Crippen LogP contribution in [-0.4, -0.2) is 6.04 Å². The van der Waals surface area contributed by atoms with Gasteiger partial charge in [-0.1, -0.05) is 50.3 Å². The number of hydrogen-bond acceptors (Lipinski definition) is 1. The van der Waals surface area contributed by atoms with E-state index in [0.717, 1.165) is 19.4 Å². The first-order valence-corrected chi connectivity index (χ1v) is 5.51. The second-order valence-electron chi connectivity index (χ2n) is 3.83. The summed E-state index contributed by atoms with van der Waals surface area (Å²) in [6, 6.07) is 8.87. The summed E-state index contributed by atoms with van der Waals surface area (Å²) in [5.41, 5.74) is 2.52. The highest BCUT2D eigenvalue weighted by Crippen LogP contribution is 2.10. The van der Waals surface area contributed by atoms with E-state index in [1.54, 1.807) is 0 Å². The van der Waals surface area contributed by atoms with Gasteiger partial charge in [0.25, 0.3) is 0 Å². The molecule has 0 saturated heterocycles. The third-order valence-corrected chi connectivity index (χ3v) is 2.55. The standard InChI is InChI=1S/C14H20N/c1-4-8-12(3)15-11-14-10-7-6-9-13(14)5-2/h5-7,9-10,12,15H,1-2,4,8,11H2,3H3. The van der Waals surface area contributed by atoms with Crippen molar-refractivity contribution < 1.29 is 0 Å². The number of benzene rings is 1. The molecule has 1 nitrogen and oxygen atoms in total. The molecule has 0 amide bonds. The highest BCUT2D eigenvalue weighted by atomic mass is 14.9. The van der Waals surface area contributed by atoms with Gasteiger partial charge in [-0.05, 0) is 24.5 Å². The summed E-state index contributed by atoms with van der Waals surface area (Å²) in [6.45, 7) is 10.8.